The minimum absolute atomic E-state index is 0.131. The monoisotopic (exact) mass is 503 g/mol. The number of halogens is 4. The van der Waals surface area contributed by atoms with Crippen LogP contribution in [0, 0.1) is 18.3 Å². The van der Waals surface area contributed by atoms with Crippen LogP contribution >= 0.6 is 11.6 Å². The fourth-order valence-electron chi connectivity index (χ4n) is 4.53. The van der Waals surface area contributed by atoms with E-state index in [2.05, 4.69) is 16.2 Å². The Hall–Kier alpha value is -3.42. The summed E-state index contributed by atoms with van der Waals surface area (Å²) in [7, 11) is 1.59. The van der Waals surface area contributed by atoms with Crippen LogP contribution < -0.4 is 9.47 Å². The third-order valence-corrected chi connectivity index (χ3v) is 6.42. The summed E-state index contributed by atoms with van der Waals surface area (Å²) < 4.78 is 51.1. The maximum absolute atomic E-state index is 12.6. The number of hydrogen-bond acceptors (Lipinski definition) is 5. The van der Waals surface area contributed by atoms with E-state index < -0.39 is 18.8 Å². The Morgan fingerprint density at radius 2 is 2.09 bits per heavy atom. The third-order valence-electron chi connectivity index (χ3n) is 6.12. The summed E-state index contributed by atoms with van der Waals surface area (Å²) in [6.07, 6.45) is -1.15. The van der Waals surface area contributed by atoms with Crippen molar-refractivity contribution >= 4 is 33.4 Å². The number of H-pyrrole nitrogens is 1. The summed E-state index contributed by atoms with van der Waals surface area (Å²) in [6.45, 7) is 1.59. The fourth-order valence-corrected chi connectivity index (χ4v) is 4.79. The van der Waals surface area contributed by atoms with Gasteiger partial charge < -0.3 is 14.5 Å². The van der Waals surface area contributed by atoms with Gasteiger partial charge in [-0.05, 0) is 30.7 Å². The molecule has 3 heterocycles. The molecule has 2 aromatic carbocycles. The minimum atomic E-state index is -4.26. The van der Waals surface area contributed by atoms with Gasteiger partial charge in [0, 0.05) is 41.8 Å². The number of aromatic nitrogens is 3. The van der Waals surface area contributed by atoms with Crippen molar-refractivity contribution in [2.75, 3.05) is 26.7 Å². The van der Waals surface area contributed by atoms with E-state index in [1.54, 1.807) is 30.1 Å². The number of alkyl halides is 3. The molecule has 5 rings (SSSR count). The van der Waals surface area contributed by atoms with Gasteiger partial charge in [-0.25, -0.2) is 0 Å². The van der Waals surface area contributed by atoms with Gasteiger partial charge in [0.1, 0.15) is 23.4 Å². The number of ether oxygens (including phenoxy) is 2. The summed E-state index contributed by atoms with van der Waals surface area (Å²) in [4.78, 5) is 4.44. The molecule has 2 aromatic heterocycles. The number of nitrogens with one attached hydrogen (secondary N) is 1. The Balaban J connectivity index is 1.47. The first kappa shape index (κ1) is 23.3. The average Bonchev–Trinajstić information content (AvgIpc) is 3.37. The van der Waals surface area contributed by atoms with Crippen molar-refractivity contribution in [1.29, 1.82) is 5.26 Å². The Labute approximate surface area is 203 Å². The van der Waals surface area contributed by atoms with Crippen LogP contribution in [0.5, 0.6) is 11.5 Å². The molecular weight excluding hydrogens is 483 g/mol. The van der Waals surface area contributed by atoms with Crippen molar-refractivity contribution in [1.82, 2.24) is 19.7 Å². The van der Waals surface area contributed by atoms with Crippen molar-refractivity contribution in [3.8, 4) is 17.6 Å². The van der Waals surface area contributed by atoms with E-state index in [1.807, 2.05) is 19.2 Å². The summed E-state index contributed by atoms with van der Waals surface area (Å²) in [6, 6.07) is 7.42. The Morgan fingerprint density at radius 1 is 1.31 bits per heavy atom. The minimum Gasteiger partial charge on any atom is -0.496 e. The van der Waals surface area contributed by atoms with Crippen LogP contribution in [0.25, 0.3) is 21.8 Å². The number of rotatable bonds is 6. The molecule has 0 saturated carbocycles. The molecule has 0 aliphatic carbocycles. The number of methoxy groups -OCH3 is 1. The zero-order valence-corrected chi connectivity index (χ0v) is 19.7. The highest BCUT2D eigenvalue weighted by Gasteiger charge is 2.38. The highest BCUT2D eigenvalue weighted by atomic mass is 35.5. The number of benzene rings is 2. The van der Waals surface area contributed by atoms with Crippen LogP contribution in [-0.4, -0.2) is 58.7 Å². The van der Waals surface area contributed by atoms with Gasteiger partial charge in [-0.3, -0.25) is 9.58 Å². The molecule has 0 spiro atoms. The van der Waals surface area contributed by atoms with Crippen molar-refractivity contribution in [2.24, 2.45) is 0 Å². The number of hydrogen-bond donors (Lipinski definition) is 1. The number of nitrogens with zero attached hydrogens (tertiary/aromatic N) is 4. The quantitative estimate of drug-likeness (QED) is 0.399. The van der Waals surface area contributed by atoms with Crippen LogP contribution in [0.4, 0.5) is 13.2 Å². The molecule has 1 fully saturated rings. The smallest absolute Gasteiger partial charge is 0.401 e. The number of fused-ring (bicyclic) bond motifs is 2. The van der Waals surface area contributed by atoms with Crippen LogP contribution in [0.1, 0.15) is 16.7 Å². The highest BCUT2D eigenvalue weighted by Crippen LogP contribution is 2.37. The summed E-state index contributed by atoms with van der Waals surface area (Å²) in [5, 5.41) is 16.4. The standard InChI is InChI=1S/C24H21ClF3N5O2/c1-13-5-19(34-2)17(20-18(25)7-30-21(13)20)11-33-8-15-4-3-14(6-29)23(22(15)31-33)35-16-9-32(10-16)12-24(26,27)28/h3-5,7-8,16,30H,9-12H2,1-2H3. The van der Waals surface area contributed by atoms with Crippen molar-refractivity contribution < 1.29 is 22.6 Å². The second kappa shape index (κ2) is 8.66. The van der Waals surface area contributed by atoms with Gasteiger partial charge in [-0.2, -0.15) is 23.5 Å². The number of aromatic amines is 1. The van der Waals surface area contributed by atoms with Gasteiger partial charge in [-0.15, -0.1) is 0 Å². The molecule has 1 aliphatic heterocycles. The normalized spacial score (nSPS) is 14.9. The number of nitriles is 1. The van der Waals surface area contributed by atoms with Gasteiger partial charge in [0.25, 0.3) is 0 Å². The lowest BCUT2D eigenvalue weighted by molar-refractivity contribution is -0.162. The molecule has 1 aliphatic rings. The van der Waals surface area contributed by atoms with Crippen LogP contribution in [-0.2, 0) is 6.54 Å². The molecule has 4 aromatic rings. The Kier molecular flexibility index (Phi) is 5.77. The van der Waals surface area contributed by atoms with Gasteiger partial charge in [0.2, 0.25) is 0 Å². The molecule has 182 valence electrons. The van der Waals surface area contributed by atoms with Crippen LogP contribution in [0.15, 0.2) is 30.6 Å². The first-order valence-corrected chi connectivity index (χ1v) is 11.2. The number of likely N-dealkylation sites (tertiary alicyclic amines) is 1. The summed E-state index contributed by atoms with van der Waals surface area (Å²) >= 11 is 6.47. The van der Waals surface area contributed by atoms with Crippen molar-refractivity contribution in [3.63, 3.8) is 0 Å². The van der Waals surface area contributed by atoms with Crippen LogP contribution in [0.3, 0.4) is 0 Å². The lowest BCUT2D eigenvalue weighted by Crippen LogP contribution is -2.56. The van der Waals surface area contributed by atoms with Crippen LogP contribution in [0.2, 0.25) is 5.02 Å². The molecule has 7 nitrogen and oxygen atoms in total. The Bertz CT molecular complexity index is 1460. The summed E-state index contributed by atoms with van der Waals surface area (Å²) in [5.41, 5.74) is 3.50. The summed E-state index contributed by atoms with van der Waals surface area (Å²) in [5.74, 6) is 0.950. The predicted octanol–water partition coefficient (Wildman–Crippen LogP) is 5.03. The van der Waals surface area contributed by atoms with Gasteiger partial charge >= 0.3 is 6.18 Å². The predicted molar refractivity (Wildman–Crippen MR) is 125 cm³/mol. The van der Waals surface area contributed by atoms with Crippen molar-refractivity contribution in [2.45, 2.75) is 25.7 Å². The van der Waals surface area contributed by atoms with E-state index in [0.717, 1.165) is 27.4 Å². The molecule has 1 N–H and O–H groups in total. The first-order chi connectivity index (χ1) is 16.7. The maximum atomic E-state index is 12.6. The molecule has 11 heteroatoms. The van der Waals surface area contributed by atoms with E-state index in [4.69, 9.17) is 21.1 Å². The second-order valence-corrected chi connectivity index (χ2v) is 9.04. The molecule has 35 heavy (non-hydrogen) atoms. The van der Waals surface area contributed by atoms with Gasteiger partial charge in [0.15, 0.2) is 5.75 Å². The maximum Gasteiger partial charge on any atom is 0.401 e. The topological polar surface area (TPSA) is 79.1 Å². The van der Waals surface area contributed by atoms with E-state index in [-0.39, 0.29) is 24.4 Å². The molecule has 0 amide bonds. The Morgan fingerprint density at radius 3 is 2.77 bits per heavy atom. The second-order valence-electron chi connectivity index (χ2n) is 8.63. The third kappa shape index (κ3) is 4.37. The fraction of sp³-hybridized carbons (Fsp3) is 0.333. The number of aryl methyl sites for hydroxylation is 1. The first-order valence-electron chi connectivity index (χ1n) is 10.9. The molecule has 0 atom stereocenters. The zero-order chi connectivity index (χ0) is 24.9. The van der Waals surface area contributed by atoms with E-state index >= 15 is 0 Å². The lowest BCUT2D eigenvalue weighted by atomic mass is 10.0. The van der Waals surface area contributed by atoms with Gasteiger partial charge in [0.05, 0.1) is 36.3 Å². The molecule has 0 unspecified atom stereocenters. The average molecular weight is 504 g/mol. The van der Waals surface area contributed by atoms with Crippen molar-refractivity contribution in [3.05, 3.63) is 52.3 Å². The molecule has 1 saturated heterocycles. The molecular formula is C24H21ClF3N5O2. The largest absolute Gasteiger partial charge is 0.496 e. The zero-order valence-electron chi connectivity index (χ0n) is 18.9. The molecule has 0 radical (unpaired) electrons. The van der Waals surface area contributed by atoms with E-state index in [0.29, 0.717) is 22.8 Å². The lowest BCUT2D eigenvalue weighted by Gasteiger charge is -2.39. The highest BCUT2D eigenvalue weighted by molar-refractivity contribution is 6.36. The molecule has 0 bridgehead atoms. The van der Waals surface area contributed by atoms with E-state index in [9.17, 15) is 18.4 Å². The SMILES string of the molecule is COc1cc(C)c2[nH]cc(Cl)c2c1Cn1cc2ccc(C#N)c(OC3CN(CC(F)(F)F)C3)c2n1. The van der Waals surface area contributed by atoms with Gasteiger partial charge in [-0.1, -0.05) is 11.6 Å². The van der Waals surface area contributed by atoms with E-state index in [1.165, 1.54) is 4.90 Å².